The molecule has 7 heteroatoms. The summed E-state index contributed by atoms with van der Waals surface area (Å²) in [5, 5.41) is 0.453. The number of carbonyl (C=O) groups is 3. The molecule has 1 aliphatic heterocycles. The summed E-state index contributed by atoms with van der Waals surface area (Å²) in [6.07, 6.45) is 3.13. The van der Waals surface area contributed by atoms with Crippen LogP contribution >= 0.6 is 11.8 Å². The quantitative estimate of drug-likeness (QED) is 0.263. The van der Waals surface area contributed by atoms with Crippen molar-refractivity contribution >= 4 is 39.6 Å². The van der Waals surface area contributed by atoms with Gasteiger partial charge in [0.2, 0.25) is 0 Å². The van der Waals surface area contributed by atoms with Crippen LogP contribution in [0.1, 0.15) is 54.3 Å². The molecule has 0 aromatic heterocycles. The molecule has 34 heavy (non-hydrogen) atoms. The number of carbonyl (C=O) groups excluding carboxylic acids is 3. The zero-order valence-corrected chi connectivity index (χ0v) is 20.1. The van der Waals surface area contributed by atoms with Crippen molar-refractivity contribution in [1.29, 1.82) is 0 Å². The smallest absolute Gasteiger partial charge is 0.296 e. The molecule has 3 aromatic rings. The van der Waals surface area contributed by atoms with Gasteiger partial charge in [-0.1, -0.05) is 56.2 Å². The number of nitrogens with zero attached hydrogens (tertiary/aromatic N) is 1. The van der Waals surface area contributed by atoms with E-state index in [9.17, 15) is 14.4 Å². The Kier molecular flexibility index (Phi) is 7.53. The fourth-order valence-corrected chi connectivity index (χ4v) is 4.83. The minimum atomic E-state index is -0.815. The molecule has 1 saturated heterocycles. The van der Waals surface area contributed by atoms with Gasteiger partial charge in [-0.05, 0) is 65.7 Å². The van der Waals surface area contributed by atoms with E-state index < -0.39 is 22.3 Å². The number of fused-ring (bicyclic) bond motifs is 1. The van der Waals surface area contributed by atoms with E-state index in [0.717, 1.165) is 46.7 Å². The Morgan fingerprint density at radius 1 is 0.912 bits per heavy atom. The molecule has 0 bridgehead atoms. The molecule has 1 heterocycles. The van der Waals surface area contributed by atoms with E-state index in [2.05, 4.69) is 6.92 Å². The van der Waals surface area contributed by atoms with Crippen LogP contribution in [0.2, 0.25) is 0 Å². The number of amides is 3. The average molecular weight is 478 g/mol. The van der Waals surface area contributed by atoms with Crippen molar-refractivity contribution in [3.05, 3.63) is 71.8 Å². The molecule has 0 radical (unpaired) electrons. The normalized spacial score (nSPS) is 15.7. The molecular weight excluding hydrogens is 450 g/mol. The third kappa shape index (κ3) is 4.94. The van der Waals surface area contributed by atoms with Gasteiger partial charge in [0, 0.05) is 5.56 Å². The second-order valence-electron chi connectivity index (χ2n) is 8.00. The lowest BCUT2D eigenvalue weighted by Crippen LogP contribution is -2.35. The van der Waals surface area contributed by atoms with E-state index in [1.807, 2.05) is 37.3 Å². The molecule has 3 amide bonds. The molecular formula is C27H27NO5S. The fourth-order valence-electron chi connectivity index (χ4n) is 3.87. The molecule has 1 aliphatic rings. The first kappa shape index (κ1) is 23.8. The highest BCUT2D eigenvalue weighted by molar-refractivity contribution is 8.15. The number of rotatable bonds is 9. The van der Waals surface area contributed by atoms with Gasteiger partial charge >= 0.3 is 0 Å². The van der Waals surface area contributed by atoms with Gasteiger partial charge in [0.25, 0.3) is 17.1 Å². The fraction of sp³-hybridized carbons (Fsp3) is 0.296. The summed E-state index contributed by atoms with van der Waals surface area (Å²) in [7, 11) is 0. The van der Waals surface area contributed by atoms with Crippen LogP contribution in [0.3, 0.4) is 0 Å². The zero-order chi connectivity index (χ0) is 24.1. The van der Waals surface area contributed by atoms with Crippen molar-refractivity contribution in [2.24, 2.45) is 0 Å². The van der Waals surface area contributed by atoms with Crippen molar-refractivity contribution in [2.45, 2.75) is 38.4 Å². The predicted molar refractivity (Wildman–Crippen MR) is 133 cm³/mol. The molecule has 0 aliphatic carbocycles. The summed E-state index contributed by atoms with van der Waals surface area (Å²) in [5.74, 6) is -0.0342. The predicted octanol–water partition coefficient (Wildman–Crippen LogP) is 6.38. The van der Waals surface area contributed by atoms with Crippen molar-refractivity contribution in [1.82, 2.24) is 4.90 Å². The Morgan fingerprint density at radius 2 is 1.71 bits per heavy atom. The van der Waals surface area contributed by atoms with Gasteiger partial charge in [-0.25, -0.2) is 4.90 Å². The van der Waals surface area contributed by atoms with E-state index in [1.165, 1.54) is 0 Å². The second kappa shape index (κ2) is 10.7. The van der Waals surface area contributed by atoms with Gasteiger partial charge in [-0.15, -0.1) is 0 Å². The number of ether oxygens (including phenoxy) is 2. The summed E-state index contributed by atoms with van der Waals surface area (Å²) in [4.78, 5) is 39.8. The maximum Gasteiger partial charge on any atom is 0.296 e. The molecule has 1 unspecified atom stereocenters. The summed E-state index contributed by atoms with van der Waals surface area (Å²) < 4.78 is 11.6. The number of hydrogen-bond donors (Lipinski definition) is 0. The highest BCUT2D eigenvalue weighted by Gasteiger charge is 2.44. The molecule has 0 N–H and O–H groups in total. The van der Waals surface area contributed by atoms with Crippen molar-refractivity contribution in [2.75, 3.05) is 13.2 Å². The first-order valence-electron chi connectivity index (χ1n) is 11.5. The maximum atomic E-state index is 13.2. The lowest BCUT2D eigenvalue weighted by Gasteiger charge is -2.15. The topological polar surface area (TPSA) is 72.9 Å². The van der Waals surface area contributed by atoms with Crippen LogP contribution in [0.5, 0.6) is 11.5 Å². The van der Waals surface area contributed by atoms with Gasteiger partial charge in [-0.2, -0.15) is 0 Å². The monoisotopic (exact) mass is 477 g/mol. The van der Waals surface area contributed by atoms with E-state index in [4.69, 9.17) is 9.47 Å². The molecule has 0 spiro atoms. The lowest BCUT2D eigenvalue weighted by molar-refractivity contribution is -0.124. The summed E-state index contributed by atoms with van der Waals surface area (Å²) in [5.41, 5.74) is 0.897. The minimum absolute atomic E-state index is 0.299. The molecule has 1 fully saturated rings. The Balaban J connectivity index is 1.55. The highest BCUT2D eigenvalue weighted by Crippen LogP contribution is 2.42. The van der Waals surface area contributed by atoms with Crippen LogP contribution in [0.15, 0.2) is 60.7 Å². The third-order valence-corrected chi connectivity index (χ3v) is 6.71. The Bertz CT molecular complexity index is 1220. The maximum absolute atomic E-state index is 13.2. The number of unbranched alkanes of at least 4 members (excludes halogenated alkanes) is 2. The van der Waals surface area contributed by atoms with E-state index in [0.29, 0.717) is 35.8 Å². The average Bonchev–Trinajstić information content (AvgIpc) is 3.15. The molecule has 176 valence electrons. The van der Waals surface area contributed by atoms with Crippen LogP contribution in [0.4, 0.5) is 4.79 Å². The van der Waals surface area contributed by atoms with Gasteiger partial charge in [-0.3, -0.25) is 14.4 Å². The molecule has 4 rings (SSSR count). The largest absolute Gasteiger partial charge is 0.490 e. The van der Waals surface area contributed by atoms with Crippen LogP contribution < -0.4 is 9.47 Å². The summed E-state index contributed by atoms with van der Waals surface area (Å²) in [6, 6.07) is 18.0. The lowest BCUT2D eigenvalue weighted by atomic mass is 10.1. The van der Waals surface area contributed by atoms with Crippen molar-refractivity contribution in [3.63, 3.8) is 0 Å². The Labute approximate surface area is 203 Å². The minimum Gasteiger partial charge on any atom is -0.490 e. The van der Waals surface area contributed by atoms with Gasteiger partial charge in [0.1, 0.15) is 5.25 Å². The van der Waals surface area contributed by atoms with Crippen molar-refractivity contribution < 1.29 is 23.9 Å². The van der Waals surface area contributed by atoms with Crippen LogP contribution in [-0.2, 0) is 4.79 Å². The van der Waals surface area contributed by atoms with E-state index >= 15 is 0 Å². The zero-order valence-electron chi connectivity index (χ0n) is 19.3. The molecule has 3 aromatic carbocycles. The SMILES string of the molecule is CCCCCOc1ccc(C2SC(=O)N(C(=O)c3ccc4ccccc4c3)C2=O)cc1OCC. The first-order valence-corrected chi connectivity index (χ1v) is 12.4. The van der Waals surface area contributed by atoms with Crippen LogP contribution in [0.25, 0.3) is 10.8 Å². The standard InChI is InChI=1S/C27H27NO5S/c1-3-5-8-15-33-22-14-13-20(17-23(22)32-4-2)24-26(30)28(27(31)34-24)25(29)21-12-11-18-9-6-7-10-19(18)16-21/h6-7,9-14,16-17,24H,3-5,8,15H2,1-2H3. The number of imide groups is 3. The number of benzene rings is 3. The summed E-state index contributed by atoms with van der Waals surface area (Å²) >= 11 is 0.839. The summed E-state index contributed by atoms with van der Waals surface area (Å²) in [6.45, 7) is 5.02. The Hall–Kier alpha value is -3.32. The third-order valence-electron chi connectivity index (χ3n) is 5.62. The van der Waals surface area contributed by atoms with Crippen molar-refractivity contribution in [3.8, 4) is 11.5 Å². The molecule has 0 saturated carbocycles. The Morgan fingerprint density at radius 3 is 2.47 bits per heavy atom. The number of thioether (sulfide) groups is 1. The first-order chi connectivity index (χ1) is 16.5. The second-order valence-corrected chi connectivity index (χ2v) is 9.06. The molecule has 6 nitrogen and oxygen atoms in total. The molecule has 1 atom stereocenters. The van der Waals surface area contributed by atoms with Gasteiger partial charge in [0.15, 0.2) is 11.5 Å². The van der Waals surface area contributed by atoms with Crippen LogP contribution in [0, 0.1) is 0 Å². The van der Waals surface area contributed by atoms with Gasteiger partial charge in [0.05, 0.1) is 13.2 Å². The highest BCUT2D eigenvalue weighted by atomic mass is 32.2. The number of hydrogen-bond acceptors (Lipinski definition) is 6. The van der Waals surface area contributed by atoms with Gasteiger partial charge < -0.3 is 9.47 Å². The van der Waals surface area contributed by atoms with Crippen LogP contribution in [-0.4, -0.2) is 35.2 Å². The van der Waals surface area contributed by atoms with E-state index in [-0.39, 0.29) is 0 Å². The van der Waals surface area contributed by atoms with E-state index in [1.54, 1.807) is 30.3 Å².